The molecule has 0 saturated heterocycles. The third kappa shape index (κ3) is 5.47. The Morgan fingerprint density at radius 1 is 1.27 bits per heavy atom. The first-order valence-corrected chi connectivity index (χ1v) is 8.98. The number of Topliss-reactive ketones (excluding diaryl/α,β-unsaturated/α-hetero) is 1. The lowest BCUT2D eigenvalue weighted by atomic mass is 9.95. The van der Waals surface area contributed by atoms with E-state index in [2.05, 4.69) is 11.9 Å². The van der Waals surface area contributed by atoms with E-state index < -0.39 is 37.2 Å². The Labute approximate surface area is 157 Å². The Balaban J connectivity index is 2.83. The second-order valence-corrected chi connectivity index (χ2v) is 6.87. The van der Waals surface area contributed by atoms with Gasteiger partial charge in [0.25, 0.3) is 0 Å². The van der Waals surface area contributed by atoms with Crippen LogP contribution >= 0.6 is 11.3 Å². The van der Waals surface area contributed by atoms with Crippen molar-refractivity contribution in [1.82, 2.24) is 5.32 Å². The molecule has 0 aliphatic carbocycles. The molecule has 1 atom stereocenters. The van der Waals surface area contributed by atoms with E-state index in [0.717, 1.165) is 0 Å². The van der Waals surface area contributed by atoms with Gasteiger partial charge in [-0.3, -0.25) is 9.59 Å². The Hall–Kier alpha value is -2.06. The normalized spacial score (nSPS) is 13.7. The second kappa shape index (κ2) is 10.2. The van der Waals surface area contributed by atoms with Gasteiger partial charge in [-0.15, -0.1) is 11.3 Å². The largest absolute Gasteiger partial charge is 0.394 e. The van der Waals surface area contributed by atoms with E-state index in [1.165, 1.54) is 11.3 Å². The first-order valence-electron chi connectivity index (χ1n) is 8.10. The molecule has 0 bridgehead atoms. The van der Waals surface area contributed by atoms with Crippen LogP contribution in [0.1, 0.15) is 23.5 Å². The van der Waals surface area contributed by atoms with Crippen LogP contribution in [0.5, 0.6) is 0 Å². The molecule has 7 heteroatoms. The fourth-order valence-corrected chi connectivity index (χ4v) is 2.82. The summed E-state index contributed by atoms with van der Waals surface area (Å²) < 4.78 is 0. The summed E-state index contributed by atoms with van der Waals surface area (Å²) in [5.74, 6) is -1.26. The van der Waals surface area contributed by atoms with Gasteiger partial charge in [0, 0.05) is 5.57 Å². The molecule has 0 fully saturated rings. The maximum absolute atomic E-state index is 12.4. The number of amides is 1. The molecule has 1 aromatic heterocycles. The number of ketones is 1. The quantitative estimate of drug-likeness (QED) is 0.280. The predicted molar refractivity (Wildman–Crippen MR) is 102 cm³/mol. The highest BCUT2D eigenvalue weighted by molar-refractivity contribution is 7.12. The molecule has 0 aliphatic heterocycles. The van der Waals surface area contributed by atoms with Gasteiger partial charge in [0.05, 0.1) is 30.6 Å². The molecular formula is C19H25NO5S. The van der Waals surface area contributed by atoms with Crippen molar-refractivity contribution in [3.63, 3.8) is 0 Å². The van der Waals surface area contributed by atoms with Crippen molar-refractivity contribution >= 4 is 23.0 Å². The zero-order valence-corrected chi connectivity index (χ0v) is 15.8. The lowest BCUT2D eigenvalue weighted by molar-refractivity contribution is -0.127. The van der Waals surface area contributed by atoms with E-state index >= 15 is 0 Å². The van der Waals surface area contributed by atoms with E-state index in [9.17, 15) is 24.9 Å². The van der Waals surface area contributed by atoms with Crippen LogP contribution in [0.3, 0.4) is 0 Å². The average Bonchev–Trinajstić information content (AvgIpc) is 3.20. The van der Waals surface area contributed by atoms with Gasteiger partial charge in [-0.1, -0.05) is 30.9 Å². The minimum atomic E-state index is -1.48. The van der Waals surface area contributed by atoms with Gasteiger partial charge in [0.1, 0.15) is 5.54 Å². The Morgan fingerprint density at radius 3 is 2.35 bits per heavy atom. The summed E-state index contributed by atoms with van der Waals surface area (Å²) in [6.07, 6.45) is 4.91. The summed E-state index contributed by atoms with van der Waals surface area (Å²) in [5.41, 5.74) is -0.549. The van der Waals surface area contributed by atoms with Gasteiger partial charge in [-0.05, 0) is 30.9 Å². The lowest BCUT2D eigenvalue weighted by Crippen LogP contribution is -2.58. The zero-order chi connectivity index (χ0) is 19.7. The summed E-state index contributed by atoms with van der Waals surface area (Å²) in [7, 11) is 0. The maximum atomic E-state index is 12.4. The van der Waals surface area contributed by atoms with Crippen LogP contribution in [0.25, 0.3) is 0 Å². The Morgan fingerprint density at radius 2 is 1.88 bits per heavy atom. The summed E-state index contributed by atoms with van der Waals surface area (Å²) in [6, 6.07) is 3.51. The third-order valence-electron chi connectivity index (χ3n) is 4.04. The van der Waals surface area contributed by atoms with Gasteiger partial charge < -0.3 is 20.6 Å². The lowest BCUT2D eigenvalue weighted by Gasteiger charge is -2.30. The number of nitrogens with one attached hydrogen (secondary N) is 1. The average molecular weight is 379 g/mol. The summed E-state index contributed by atoms with van der Waals surface area (Å²) in [6.45, 7) is 5.39. The van der Waals surface area contributed by atoms with Crippen LogP contribution in [0.4, 0.5) is 0 Å². The molecular weight excluding hydrogens is 354 g/mol. The number of carbonyl (C=O) groups excluding carboxylic acids is 2. The van der Waals surface area contributed by atoms with Gasteiger partial charge in [-0.2, -0.15) is 0 Å². The van der Waals surface area contributed by atoms with Crippen LogP contribution < -0.4 is 5.32 Å². The molecule has 0 aromatic carbocycles. The number of thiophene rings is 1. The van der Waals surface area contributed by atoms with E-state index in [0.29, 0.717) is 16.0 Å². The number of allylic oxidation sites excluding steroid dienone is 4. The molecule has 4 N–H and O–H groups in total. The number of hydrogen-bond acceptors (Lipinski definition) is 6. The molecule has 1 heterocycles. The zero-order valence-electron chi connectivity index (χ0n) is 14.9. The molecule has 1 unspecified atom stereocenters. The van der Waals surface area contributed by atoms with Crippen molar-refractivity contribution in [2.75, 3.05) is 19.8 Å². The highest BCUT2D eigenvalue weighted by Crippen LogP contribution is 2.18. The minimum Gasteiger partial charge on any atom is -0.394 e. The molecule has 0 saturated carbocycles. The molecule has 26 heavy (non-hydrogen) atoms. The van der Waals surface area contributed by atoms with E-state index in [-0.39, 0.29) is 5.78 Å². The van der Waals surface area contributed by atoms with Crippen LogP contribution in [-0.2, 0) is 4.79 Å². The van der Waals surface area contributed by atoms with Crippen LogP contribution in [0.15, 0.2) is 53.5 Å². The molecule has 6 nitrogen and oxygen atoms in total. The van der Waals surface area contributed by atoms with Crippen LogP contribution in [0.2, 0.25) is 0 Å². The third-order valence-corrected chi connectivity index (χ3v) is 4.91. The topological polar surface area (TPSA) is 107 Å². The minimum absolute atomic E-state index is 0.177. The van der Waals surface area contributed by atoms with Crippen molar-refractivity contribution in [2.24, 2.45) is 5.92 Å². The number of carbonyl (C=O) groups is 2. The van der Waals surface area contributed by atoms with Crippen molar-refractivity contribution < 1.29 is 24.9 Å². The molecule has 0 aliphatic rings. The fraction of sp³-hybridized carbons (Fsp3) is 0.368. The van der Waals surface area contributed by atoms with E-state index in [1.54, 1.807) is 44.2 Å². The number of aliphatic hydroxyl groups excluding tert-OH is 3. The molecule has 1 amide bonds. The van der Waals surface area contributed by atoms with Crippen molar-refractivity contribution in [3.05, 3.63) is 58.3 Å². The summed E-state index contributed by atoms with van der Waals surface area (Å²) >= 11 is 1.33. The predicted octanol–water partition coefficient (Wildman–Crippen LogP) is 1.46. The van der Waals surface area contributed by atoms with E-state index in [1.807, 2.05) is 5.38 Å². The van der Waals surface area contributed by atoms with Gasteiger partial charge in [-0.25, -0.2) is 0 Å². The summed E-state index contributed by atoms with van der Waals surface area (Å²) in [4.78, 5) is 25.2. The van der Waals surface area contributed by atoms with Gasteiger partial charge in [0.2, 0.25) is 11.7 Å². The Bertz CT molecular complexity index is 679. The number of hydrogen-bond donors (Lipinski definition) is 4. The SMILES string of the molecule is C=C(/C=C\C(=C/C)C(C)C(=O)NC(CO)(CO)CO)C(=O)c1cccs1. The van der Waals surface area contributed by atoms with Gasteiger partial charge in [0.15, 0.2) is 0 Å². The number of rotatable bonds is 10. The Kier molecular flexibility index (Phi) is 8.60. The number of aliphatic hydroxyl groups is 3. The summed E-state index contributed by atoms with van der Waals surface area (Å²) in [5, 5.41) is 32.2. The van der Waals surface area contributed by atoms with Crippen LogP contribution in [0, 0.1) is 5.92 Å². The smallest absolute Gasteiger partial charge is 0.227 e. The molecule has 1 rings (SSSR count). The molecule has 0 spiro atoms. The fourth-order valence-electron chi connectivity index (χ4n) is 2.12. The molecule has 0 radical (unpaired) electrons. The van der Waals surface area contributed by atoms with E-state index in [4.69, 9.17) is 0 Å². The molecule has 142 valence electrons. The van der Waals surface area contributed by atoms with Crippen molar-refractivity contribution in [3.8, 4) is 0 Å². The van der Waals surface area contributed by atoms with Gasteiger partial charge >= 0.3 is 0 Å². The second-order valence-electron chi connectivity index (χ2n) is 5.92. The van der Waals surface area contributed by atoms with Crippen molar-refractivity contribution in [2.45, 2.75) is 19.4 Å². The molecule has 1 aromatic rings. The monoisotopic (exact) mass is 379 g/mol. The first-order chi connectivity index (χ1) is 12.3. The maximum Gasteiger partial charge on any atom is 0.227 e. The van der Waals surface area contributed by atoms with Crippen molar-refractivity contribution in [1.29, 1.82) is 0 Å². The standard InChI is InChI=1S/C19H25NO5S/c1-4-15(8-7-13(2)17(24)16-6-5-9-26-16)14(3)18(25)20-19(10-21,11-22)12-23/h4-9,14,21-23H,2,10-12H2,1,3H3,(H,20,25)/b8-7-,15-4+. The first kappa shape index (κ1) is 22.0. The highest BCUT2D eigenvalue weighted by Gasteiger charge is 2.32. The highest BCUT2D eigenvalue weighted by atomic mass is 32.1. The van der Waals surface area contributed by atoms with Crippen LogP contribution in [-0.4, -0.2) is 52.4 Å².